The molecule has 9 nitrogen and oxygen atoms in total. The average molecular weight is 402 g/mol. The zero-order chi connectivity index (χ0) is 20.4. The van der Waals surface area contributed by atoms with E-state index in [2.05, 4.69) is 10.6 Å². The smallest absolute Gasteiger partial charge is 0.307 e. The van der Waals surface area contributed by atoms with Crippen molar-refractivity contribution in [1.82, 2.24) is 10.6 Å². The van der Waals surface area contributed by atoms with E-state index in [-0.39, 0.29) is 43.4 Å². The molecule has 0 aromatic carbocycles. The van der Waals surface area contributed by atoms with Gasteiger partial charge in [0.2, 0.25) is 5.91 Å². The van der Waals surface area contributed by atoms with Crippen LogP contribution in [0.15, 0.2) is 0 Å². The van der Waals surface area contributed by atoms with E-state index in [4.69, 9.17) is 9.47 Å². The second-order valence-electron chi connectivity index (χ2n) is 6.75. The number of nitrogens with one attached hydrogen (secondary N) is 2. The van der Waals surface area contributed by atoms with Crippen molar-refractivity contribution in [2.45, 2.75) is 46.1 Å². The normalized spacial score (nSPS) is 21.2. The Balaban J connectivity index is 2.90. The Hall–Kier alpha value is -2.10. The Labute approximate surface area is 162 Å². The fourth-order valence-corrected chi connectivity index (χ4v) is 2.91. The third-order valence-electron chi connectivity index (χ3n) is 3.72. The van der Waals surface area contributed by atoms with Crippen LogP contribution >= 0.6 is 11.8 Å². The Morgan fingerprint density at radius 2 is 1.85 bits per heavy atom. The van der Waals surface area contributed by atoms with E-state index in [0.29, 0.717) is 12.3 Å². The molecule has 1 saturated heterocycles. The zero-order valence-corrected chi connectivity index (χ0v) is 16.6. The Morgan fingerprint density at radius 1 is 1.15 bits per heavy atom. The molecule has 1 aliphatic rings. The summed E-state index contributed by atoms with van der Waals surface area (Å²) in [5.41, 5.74) is -1.000. The van der Waals surface area contributed by atoms with Gasteiger partial charge >= 0.3 is 11.9 Å². The molecule has 152 valence electrons. The fourth-order valence-electron chi connectivity index (χ4n) is 2.23. The number of cyclic esters (lactones) is 1. The van der Waals surface area contributed by atoms with E-state index < -0.39 is 29.4 Å². The van der Waals surface area contributed by atoms with Crippen LogP contribution in [0.4, 0.5) is 0 Å². The van der Waals surface area contributed by atoms with Crippen molar-refractivity contribution < 1.29 is 33.4 Å². The molecule has 2 N–H and O–H groups in total. The molecule has 10 heteroatoms. The molecule has 1 rings (SSSR count). The molecular weight excluding hydrogens is 376 g/mol. The summed E-state index contributed by atoms with van der Waals surface area (Å²) < 4.78 is 10.3. The predicted molar refractivity (Wildman–Crippen MR) is 97.6 cm³/mol. The van der Waals surface area contributed by atoms with Gasteiger partial charge in [-0.15, -0.1) is 0 Å². The van der Waals surface area contributed by atoms with Crippen molar-refractivity contribution in [3.05, 3.63) is 0 Å². The number of hydrogen-bond donors (Lipinski definition) is 2. The van der Waals surface area contributed by atoms with Crippen LogP contribution in [0.3, 0.4) is 0 Å². The van der Waals surface area contributed by atoms with Crippen molar-refractivity contribution in [2.75, 3.05) is 25.4 Å². The molecule has 1 aliphatic heterocycles. The lowest BCUT2D eigenvalue weighted by Gasteiger charge is -2.32. The second-order valence-corrected chi connectivity index (χ2v) is 7.90. The molecule has 0 radical (unpaired) electrons. The SMILES string of the molecule is CC(=O)OCC(C)(C)C1OC(=O)CCC(=O)SCCNC(=O)CCNC1=O. The molecule has 0 spiro atoms. The van der Waals surface area contributed by atoms with Gasteiger partial charge in [-0.1, -0.05) is 25.6 Å². The third kappa shape index (κ3) is 8.89. The maximum atomic E-state index is 12.5. The van der Waals surface area contributed by atoms with Gasteiger partial charge in [0.1, 0.15) is 6.61 Å². The van der Waals surface area contributed by atoms with E-state index in [1.807, 2.05) is 0 Å². The Kier molecular flexibility index (Phi) is 9.27. The Morgan fingerprint density at radius 3 is 2.52 bits per heavy atom. The number of amides is 2. The number of hydrogen-bond acceptors (Lipinski definition) is 8. The summed E-state index contributed by atoms with van der Waals surface area (Å²) in [6.45, 7) is 4.73. The molecule has 0 aromatic heterocycles. The second kappa shape index (κ2) is 10.9. The first-order valence-corrected chi connectivity index (χ1v) is 9.63. The molecule has 27 heavy (non-hydrogen) atoms. The standard InChI is InChI=1S/C17H26N2O7S/c1-11(20)25-10-17(2,3)15-16(24)19-7-6-12(21)18-8-9-27-14(23)5-4-13(22)26-15/h15H,4-10H2,1-3H3,(H,18,21)(H,19,24). The molecule has 0 saturated carbocycles. The minimum Gasteiger partial charge on any atom is -0.465 e. The van der Waals surface area contributed by atoms with Crippen molar-refractivity contribution in [3.63, 3.8) is 0 Å². The topological polar surface area (TPSA) is 128 Å². The van der Waals surface area contributed by atoms with Crippen LogP contribution in [0.2, 0.25) is 0 Å². The third-order valence-corrected chi connectivity index (χ3v) is 4.65. The van der Waals surface area contributed by atoms with Crippen molar-refractivity contribution in [2.24, 2.45) is 5.41 Å². The fraction of sp³-hybridized carbons (Fsp3) is 0.706. The largest absolute Gasteiger partial charge is 0.465 e. The minimum atomic E-state index is -1.24. The summed E-state index contributed by atoms with van der Waals surface area (Å²) in [6, 6.07) is 0. The van der Waals surface area contributed by atoms with Gasteiger partial charge in [0.05, 0.1) is 6.42 Å². The van der Waals surface area contributed by atoms with E-state index in [1.54, 1.807) is 13.8 Å². The summed E-state index contributed by atoms with van der Waals surface area (Å²) in [5.74, 6) is -1.66. The van der Waals surface area contributed by atoms with Crippen LogP contribution in [0, 0.1) is 5.41 Å². The molecule has 2 amide bonds. The molecular formula is C17H26N2O7S. The molecule has 0 aliphatic carbocycles. The number of carbonyl (C=O) groups excluding carboxylic acids is 5. The van der Waals surface area contributed by atoms with Crippen LogP contribution in [0.25, 0.3) is 0 Å². The maximum absolute atomic E-state index is 12.5. The van der Waals surface area contributed by atoms with Crippen molar-refractivity contribution >= 4 is 40.6 Å². The first kappa shape index (κ1) is 22.9. The van der Waals surface area contributed by atoms with Gasteiger partial charge in [0.15, 0.2) is 11.2 Å². The van der Waals surface area contributed by atoms with Crippen molar-refractivity contribution in [1.29, 1.82) is 0 Å². The summed E-state index contributed by atoms with van der Waals surface area (Å²) in [5, 5.41) is 5.02. The minimum absolute atomic E-state index is 0.0316. The van der Waals surface area contributed by atoms with Crippen LogP contribution in [-0.4, -0.2) is 60.4 Å². The van der Waals surface area contributed by atoms with Gasteiger partial charge < -0.3 is 20.1 Å². The molecule has 0 aromatic rings. The summed E-state index contributed by atoms with van der Waals surface area (Å²) in [4.78, 5) is 59.2. The molecule has 0 bridgehead atoms. The number of rotatable bonds is 3. The predicted octanol–water partition coefficient (Wildman–Crippen LogP) is 0.164. The zero-order valence-electron chi connectivity index (χ0n) is 15.8. The average Bonchev–Trinajstić information content (AvgIpc) is 2.59. The highest BCUT2D eigenvalue weighted by molar-refractivity contribution is 8.13. The first-order chi connectivity index (χ1) is 12.6. The van der Waals surface area contributed by atoms with Crippen LogP contribution < -0.4 is 10.6 Å². The lowest BCUT2D eigenvalue weighted by Crippen LogP contribution is -2.49. The van der Waals surface area contributed by atoms with E-state index >= 15 is 0 Å². The highest BCUT2D eigenvalue weighted by atomic mass is 32.2. The lowest BCUT2D eigenvalue weighted by atomic mass is 9.86. The Bertz CT molecular complexity index is 592. The summed E-state index contributed by atoms with van der Waals surface area (Å²) in [6.07, 6.45) is -1.38. The summed E-state index contributed by atoms with van der Waals surface area (Å²) >= 11 is 1.03. The van der Waals surface area contributed by atoms with Gasteiger partial charge in [-0.2, -0.15) is 0 Å². The molecule has 1 unspecified atom stereocenters. The number of thioether (sulfide) groups is 1. The van der Waals surface area contributed by atoms with Crippen LogP contribution in [0.5, 0.6) is 0 Å². The monoisotopic (exact) mass is 402 g/mol. The molecule has 1 heterocycles. The molecule has 1 atom stereocenters. The van der Waals surface area contributed by atoms with Crippen LogP contribution in [-0.2, 0) is 33.4 Å². The first-order valence-electron chi connectivity index (χ1n) is 8.64. The summed E-state index contributed by atoms with van der Waals surface area (Å²) in [7, 11) is 0. The van der Waals surface area contributed by atoms with E-state index in [9.17, 15) is 24.0 Å². The van der Waals surface area contributed by atoms with Gasteiger partial charge in [-0.3, -0.25) is 24.0 Å². The lowest BCUT2D eigenvalue weighted by molar-refractivity contribution is -0.168. The van der Waals surface area contributed by atoms with E-state index in [1.165, 1.54) is 6.92 Å². The number of ether oxygens (including phenoxy) is 2. The van der Waals surface area contributed by atoms with Gasteiger partial charge in [0, 0.05) is 44.0 Å². The highest BCUT2D eigenvalue weighted by Crippen LogP contribution is 2.25. The van der Waals surface area contributed by atoms with Gasteiger partial charge in [0.25, 0.3) is 5.91 Å². The maximum Gasteiger partial charge on any atom is 0.307 e. The van der Waals surface area contributed by atoms with Gasteiger partial charge in [-0.25, -0.2) is 0 Å². The molecule has 1 fully saturated rings. The van der Waals surface area contributed by atoms with E-state index in [0.717, 1.165) is 11.8 Å². The quantitative estimate of drug-likeness (QED) is 0.639. The highest BCUT2D eigenvalue weighted by Gasteiger charge is 2.39. The number of carbonyl (C=O) groups is 5. The van der Waals surface area contributed by atoms with Crippen molar-refractivity contribution in [3.8, 4) is 0 Å². The van der Waals surface area contributed by atoms with Crippen LogP contribution in [0.1, 0.15) is 40.0 Å². The van der Waals surface area contributed by atoms with Gasteiger partial charge in [-0.05, 0) is 0 Å². The number of esters is 2.